The molecule has 0 atom stereocenters. The lowest BCUT2D eigenvalue weighted by Crippen LogP contribution is -1.99. The zero-order chi connectivity index (χ0) is 19.8. The molecule has 0 aliphatic rings. The van der Waals surface area contributed by atoms with E-state index in [-0.39, 0.29) is 5.82 Å². The van der Waals surface area contributed by atoms with Gasteiger partial charge in [-0.1, -0.05) is 23.7 Å². The number of hydrogen-bond donors (Lipinski definition) is 1. The van der Waals surface area contributed by atoms with Crippen LogP contribution in [0.2, 0.25) is 5.02 Å². The fraction of sp³-hybridized carbons (Fsp3) is 0.0909. The van der Waals surface area contributed by atoms with Gasteiger partial charge in [0.25, 0.3) is 0 Å². The minimum Gasteiger partial charge on any atom is -0.337 e. The van der Waals surface area contributed by atoms with Crippen molar-refractivity contribution < 1.29 is 4.39 Å². The molecule has 4 rings (SSSR count). The lowest BCUT2D eigenvalue weighted by Gasteiger charge is -2.11. The molecule has 2 heterocycles. The lowest BCUT2D eigenvalue weighted by atomic mass is 10.1. The number of H-pyrrole nitrogens is 1. The first kappa shape index (κ1) is 18.0. The summed E-state index contributed by atoms with van der Waals surface area (Å²) in [5, 5.41) is 10.3. The molecule has 0 amide bonds. The van der Waals surface area contributed by atoms with Gasteiger partial charge in [-0.15, -0.1) is 0 Å². The van der Waals surface area contributed by atoms with E-state index in [9.17, 15) is 9.65 Å². The Labute approximate surface area is 166 Å². The van der Waals surface area contributed by atoms with Crippen LogP contribution in [0.25, 0.3) is 28.4 Å². The third kappa shape index (κ3) is 3.08. The molecule has 0 radical (unpaired) electrons. The molecule has 0 spiro atoms. The normalized spacial score (nSPS) is 11.8. The standard InChI is InChI=1S/C22H16ClFN4/c1-13-9-15(14(2)28(13)21-6-4-3-5-18(21)23)10-16(12-25)22-26-19-8-7-17(24)11-20(19)27-22/h3-11H,1-2H3,(H,26,27)/b16-10-. The maximum absolute atomic E-state index is 13.4. The van der Waals surface area contributed by atoms with Crippen LogP contribution in [-0.4, -0.2) is 14.5 Å². The van der Waals surface area contributed by atoms with Crippen LogP contribution in [0.1, 0.15) is 22.8 Å². The van der Waals surface area contributed by atoms with Crippen molar-refractivity contribution in [1.82, 2.24) is 14.5 Å². The summed E-state index contributed by atoms with van der Waals surface area (Å²) in [6.45, 7) is 3.97. The number of benzene rings is 2. The van der Waals surface area contributed by atoms with Crippen LogP contribution in [0.4, 0.5) is 4.39 Å². The van der Waals surface area contributed by atoms with Gasteiger partial charge in [-0.2, -0.15) is 5.26 Å². The zero-order valence-electron chi connectivity index (χ0n) is 15.3. The van der Waals surface area contributed by atoms with Gasteiger partial charge in [-0.3, -0.25) is 0 Å². The van der Waals surface area contributed by atoms with E-state index in [1.54, 1.807) is 12.1 Å². The average Bonchev–Trinajstić information content (AvgIpc) is 3.20. The topological polar surface area (TPSA) is 57.4 Å². The number of para-hydroxylation sites is 1. The van der Waals surface area contributed by atoms with Crippen LogP contribution >= 0.6 is 11.6 Å². The van der Waals surface area contributed by atoms with Crippen LogP contribution in [0, 0.1) is 31.0 Å². The number of aryl methyl sites for hydroxylation is 1. The highest BCUT2D eigenvalue weighted by molar-refractivity contribution is 6.32. The average molecular weight is 391 g/mol. The number of hydrogen-bond acceptors (Lipinski definition) is 2. The van der Waals surface area contributed by atoms with Crippen molar-refractivity contribution >= 4 is 34.3 Å². The van der Waals surface area contributed by atoms with Crippen LogP contribution in [0.15, 0.2) is 48.5 Å². The number of fused-ring (bicyclic) bond motifs is 1. The smallest absolute Gasteiger partial charge is 0.149 e. The zero-order valence-corrected chi connectivity index (χ0v) is 16.0. The number of aromatic amines is 1. The third-order valence-corrected chi connectivity index (χ3v) is 5.00. The molecule has 0 bridgehead atoms. The molecule has 0 fully saturated rings. The van der Waals surface area contributed by atoms with E-state index in [4.69, 9.17) is 11.6 Å². The molecule has 0 unspecified atom stereocenters. The van der Waals surface area contributed by atoms with Gasteiger partial charge in [0.1, 0.15) is 17.7 Å². The highest BCUT2D eigenvalue weighted by Crippen LogP contribution is 2.28. The SMILES string of the molecule is Cc1cc(/C=C(/C#N)c2nc3ccc(F)cc3[nH]2)c(C)n1-c1ccccc1Cl. The Balaban J connectivity index is 1.82. The third-order valence-electron chi connectivity index (χ3n) is 4.68. The van der Waals surface area contributed by atoms with Crippen molar-refractivity contribution in [2.75, 3.05) is 0 Å². The largest absolute Gasteiger partial charge is 0.337 e. The second-order valence-electron chi connectivity index (χ2n) is 6.53. The van der Waals surface area contributed by atoms with Gasteiger partial charge in [-0.05, 0) is 61.9 Å². The molecule has 0 aliphatic carbocycles. The van der Waals surface area contributed by atoms with Crippen molar-refractivity contribution in [2.45, 2.75) is 13.8 Å². The molecule has 1 N–H and O–H groups in total. The van der Waals surface area contributed by atoms with Gasteiger partial charge in [0.15, 0.2) is 0 Å². The van der Waals surface area contributed by atoms with E-state index in [1.165, 1.54) is 12.1 Å². The van der Waals surface area contributed by atoms with Gasteiger partial charge < -0.3 is 9.55 Å². The van der Waals surface area contributed by atoms with Crippen LogP contribution in [-0.2, 0) is 0 Å². The summed E-state index contributed by atoms with van der Waals surface area (Å²) in [6.07, 6.45) is 1.78. The van der Waals surface area contributed by atoms with E-state index in [0.717, 1.165) is 22.6 Å². The summed E-state index contributed by atoms with van der Waals surface area (Å²) in [6, 6.07) is 16.1. The van der Waals surface area contributed by atoms with Crippen LogP contribution in [0.5, 0.6) is 0 Å². The van der Waals surface area contributed by atoms with E-state index in [1.807, 2.05) is 44.2 Å². The molecule has 4 nitrogen and oxygen atoms in total. The number of nitrogens with zero attached hydrogens (tertiary/aromatic N) is 3. The molecule has 28 heavy (non-hydrogen) atoms. The Morgan fingerprint density at radius 1 is 1.21 bits per heavy atom. The number of nitriles is 1. The summed E-state index contributed by atoms with van der Waals surface area (Å²) < 4.78 is 15.5. The molecule has 138 valence electrons. The van der Waals surface area contributed by atoms with E-state index in [0.29, 0.717) is 27.5 Å². The van der Waals surface area contributed by atoms with Crippen molar-refractivity contribution in [1.29, 1.82) is 5.26 Å². The first-order chi connectivity index (χ1) is 13.5. The predicted molar refractivity (Wildman–Crippen MR) is 110 cm³/mol. The number of rotatable bonds is 3. The quantitative estimate of drug-likeness (QED) is 0.447. The summed E-state index contributed by atoms with van der Waals surface area (Å²) in [5.41, 5.74) is 5.27. The minimum absolute atomic E-state index is 0.353. The van der Waals surface area contributed by atoms with Gasteiger partial charge >= 0.3 is 0 Å². The molecular formula is C22H16ClFN4. The van der Waals surface area contributed by atoms with Gasteiger partial charge in [-0.25, -0.2) is 9.37 Å². The molecule has 0 saturated carbocycles. The van der Waals surface area contributed by atoms with Gasteiger partial charge in [0, 0.05) is 11.4 Å². The molecular weight excluding hydrogens is 375 g/mol. The van der Waals surface area contributed by atoms with Crippen molar-refractivity contribution in [3.05, 3.63) is 82.1 Å². The second kappa shape index (κ2) is 6.99. The summed E-state index contributed by atoms with van der Waals surface area (Å²) >= 11 is 6.36. The molecule has 2 aromatic heterocycles. The first-order valence-corrected chi connectivity index (χ1v) is 9.07. The van der Waals surface area contributed by atoms with Gasteiger partial charge in [0.05, 0.1) is 27.3 Å². The number of imidazole rings is 1. The fourth-order valence-electron chi connectivity index (χ4n) is 3.36. The number of halogens is 2. The Bertz CT molecular complexity index is 1270. The molecule has 6 heteroatoms. The van der Waals surface area contributed by atoms with Crippen LogP contribution in [0.3, 0.4) is 0 Å². The van der Waals surface area contributed by atoms with Crippen molar-refractivity contribution in [3.8, 4) is 11.8 Å². The first-order valence-electron chi connectivity index (χ1n) is 8.69. The number of aromatic nitrogens is 3. The van der Waals surface area contributed by atoms with E-state index < -0.39 is 0 Å². The lowest BCUT2D eigenvalue weighted by molar-refractivity contribution is 0.629. The summed E-state index contributed by atoms with van der Waals surface area (Å²) in [4.78, 5) is 7.43. The van der Waals surface area contributed by atoms with E-state index >= 15 is 0 Å². The maximum atomic E-state index is 13.4. The Hall–Kier alpha value is -3.36. The Kier molecular flexibility index (Phi) is 4.50. The number of allylic oxidation sites excluding steroid dienone is 1. The minimum atomic E-state index is -0.353. The highest BCUT2D eigenvalue weighted by Gasteiger charge is 2.14. The monoisotopic (exact) mass is 390 g/mol. The highest BCUT2D eigenvalue weighted by atomic mass is 35.5. The Morgan fingerprint density at radius 2 is 2.00 bits per heavy atom. The maximum Gasteiger partial charge on any atom is 0.149 e. The predicted octanol–water partition coefficient (Wildman–Crippen LogP) is 5.83. The molecule has 4 aromatic rings. The second-order valence-corrected chi connectivity index (χ2v) is 6.94. The van der Waals surface area contributed by atoms with Crippen molar-refractivity contribution in [2.24, 2.45) is 0 Å². The molecule has 2 aromatic carbocycles. The fourth-order valence-corrected chi connectivity index (χ4v) is 3.58. The van der Waals surface area contributed by atoms with Gasteiger partial charge in [0.2, 0.25) is 0 Å². The Morgan fingerprint density at radius 3 is 2.75 bits per heavy atom. The summed E-state index contributed by atoms with van der Waals surface area (Å²) in [5.74, 6) is 0.0547. The molecule has 0 saturated heterocycles. The molecule has 0 aliphatic heterocycles. The van der Waals surface area contributed by atoms with Crippen LogP contribution < -0.4 is 0 Å². The number of nitrogens with one attached hydrogen (secondary N) is 1. The van der Waals surface area contributed by atoms with E-state index in [2.05, 4.69) is 20.6 Å². The summed E-state index contributed by atoms with van der Waals surface area (Å²) in [7, 11) is 0. The van der Waals surface area contributed by atoms with Crippen molar-refractivity contribution in [3.63, 3.8) is 0 Å².